The molecule has 1 amide bonds. The average Bonchev–Trinajstić information content (AvgIpc) is 2.92. The molecule has 0 saturated carbocycles. The second-order valence-electron chi connectivity index (χ2n) is 9.41. The van der Waals surface area contributed by atoms with Crippen LogP contribution in [0, 0.1) is 0 Å². The monoisotopic (exact) mass is 493 g/mol. The van der Waals surface area contributed by atoms with E-state index in [1.54, 1.807) is 14.2 Å². The lowest BCUT2D eigenvalue weighted by atomic mass is 9.93. The third-order valence-corrected chi connectivity index (χ3v) is 6.96. The van der Waals surface area contributed by atoms with Crippen LogP contribution in [0.4, 0.5) is 5.69 Å². The van der Waals surface area contributed by atoms with Crippen molar-refractivity contribution in [1.82, 2.24) is 9.88 Å². The molecule has 0 aliphatic carbocycles. The highest BCUT2D eigenvalue weighted by Gasteiger charge is 2.22. The number of allylic oxidation sites excluding steroid dienone is 1. The van der Waals surface area contributed by atoms with Crippen LogP contribution in [0.2, 0.25) is 0 Å². The van der Waals surface area contributed by atoms with Crippen molar-refractivity contribution < 1.29 is 14.3 Å². The Morgan fingerprint density at radius 1 is 1.05 bits per heavy atom. The first kappa shape index (κ1) is 24.5. The number of nitrogens with zero attached hydrogens (tertiary/aromatic N) is 2. The predicted molar refractivity (Wildman–Crippen MR) is 148 cm³/mol. The molecular weight excluding hydrogens is 462 g/mol. The van der Waals surface area contributed by atoms with Crippen LogP contribution in [-0.2, 0) is 19.5 Å². The molecule has 0 bridgehead atoms. The van der Waals surface area contributed by atoms with E-state index in [1.165, 1.54) is 11.1 Å². The minimum Gasteiger partial charge on any atom is -0.493 e. The molecule has 4 aromatic rings. The Morgan fingerprint density at radius 2 is 1.81 bits per heavy atom. The first-order valence-electron chi connectivity index (χ1n) is 12.4. The molecule has 0 unspecified atom stereocenters. The highest BCUT2D eigenvalue weighted by atomic mass is 16.5. The topological polar surface area (TPSA) is 63.7 Å². The number of amides is 1. The summed E-state index contributed by atoms with van der Waals surface area (Å²) in [6.07, 6.45) is 2.65. The molecule has 0 radical (unpaired) electrons. The summed E-state index contributed by atoms with van der Waals surface area (Å²) in [6, 6.07) is 19.8. The van der Waals surface area contributed by atoms with Gasteiger partial charge >= 0.3 is 0 Å². The largest absolute Gasteiger partial charge is 0.493 e. The number of carbonyl (C=O) groups is 1. The smallest absolute Gasteiger partial charge is 0.255 e. The second-order valence-corrected chi connectivity index (χ2v) is 9.41. The predicted octanol–water partition coefficient (Wildman–Crippen LogP) is 6.10. The van der Waals surface area contributed by atoms with Gasteiger partial charge in [0, 0.05) is 48.5 Å². The first-order valence-corrected chi connectivity index (χ1v) is 12.4. The molecule has 1 aliphatic heterocycles. The van der Waals surface area contributed by atoms with E-state index in [9.17, 15) is 4.79 Å². The molecule has 6 heteroatoms. The molecule has 0 atom stereocenters. The maximum absolute atomic E-state index is 13.2. The van der Waals surface area contributed by atoms with Crippen LogP contribution in [-0.4, -0.2) is 36.6 Å². The van der Waals surface area contributed by atoms with Crippen molar-refractivity contribution in [1.29, 1.82) is 0 Å². The number of benzene rings is 3. The van der Waals surface area contributed by atoms with Crippen LogP contribution >= 0.6 is 0 Å². The van der Waals surface area contributed by atoms with E-state index in [0.717, 1.165) is 64.9 Å². The number of methoxy groups -OCH3 is 2. The molecule has 1 N–H and O–H groups in total. The fourth-order valence-corrected chi connectivity index (χ4v) is 4.96. The number of aromatic nitrogens is 1. The normalized spacial score (nSPS) is 13.2. The number of hydrogen-bond acceptors (Lipinski definition) is 5. The van der Waals surface area contributed by atoms with Crippen molar-refractivity contribution in [2.45, 2.75) is 26.4 Å². The summed E-state index contributed by atoms with van der Waals surface area (Å²) in [7, 11) is 3.28. The van der Waals surface area contributed by atoms with Crippen molar-refractivity contribution in [3.8, 4) is 11.5 Å². The molecule has 37 heavy (non-hydrogen) atoms. The molecule has 2 heterocycles. The van der Waals surface area contributed by atoms with Gasteiger partial charge in [-0.05, 0) is 65.9 Å². The summed E-state index contributed by atoms with van der Waals surface area (Å²) in [4.78, 5) is 20.1. The number of pyridine rings is 1. The third-order valence-electron chi connectivity index (χ3n) is 6.96. The lowest BCUT2D eigenvalue weighted by Gasteiger charge is -2.30. The number of anilines is 1. The Balaban J connectivity index is 1.34. The van der Waals surface area contributed by atoms with E-state index < -0.39 is 0 Å². The van der Waals surface area contributed by atoms with Gasteiger partial charge in [-0.2, -0.15) is 0 Å². The number of hydrogen-bond donors (Lipinski definition) is 1. The minimum atomic E-state index is -0.0745. The molecule has 188 valence electrons. The summed E-state index contributed by atoms with van der Waals surface area (Å²) >= 11 is 0. The van der Waals surface area contributed by atoms with E-state index in [4.69, 9.17) is 9.47 Å². The summed E-state index contributed by atoms with van der Waals surface area (Å²) in [5.74, 6) is 1.29. The van der Waals surface area contributed by atoms with Crippen LogP contribution in [0.3, 0.4) is 0 Å². The van der Waals surface area contributed by atoms with Gasteiger partial charge in [0.25, 0.3) is 5.91 Å². The van der Waals surface area contributed by atoms with Gasteiger partial charge in [-0.1, -0.05) is 36.4 Å². The first-order chi connectivity index (χ1) is 18.0. The molecule has 0 fully saturated rings. The van der Waals surface area contributed by atoms with Gasteiger partial charge in [0.1, 0.15) is 0 Å². The molecule has 3 aromatic carbocycles. The number of carbonyl (C=O) groups excluding carboxylic acids is 1. The SMILES string of the molecule is C=C(C)c1ccc(NC(=O)c2cccc3c2CCN(Cc2ccnc4cc(OC)c(OC)cc24)C3)cc1. The van der Waals surface area contributed by atoms with Gasteiger partial charge in [-0.3, -0.25) is 14.7 Å². The van der Waals surface area contributed by atoms with Crippen LogP contribution in [0.25, 0.3) is 16.5 Å². The zero-order valence-corrected chi connectivity index (χ0v) is 21.5. The van der Waals surface area contributed by atoms with E-state index in [1.807, 2.05) is 61.7 Å². The lowest BCUT2D eigenvalue weighted by Crippen LogP contribution is -2.31. The van der Waals surface area contributed by atoms with Crippen molar-refractivity contribution in [2.24, 2.45) is 0 Å². The molecule has 5 rings (SSSR count). The average molecular weight is 494 g/mol. The van der Waals surface area contributed by atoms with Crippen molar-refractivity contribution in [3.05, 3.63) is 101 Å². The van der Waals surface area contributed by atoms with E-state index in [-0.39, 0.29) is 5.91 Å². The van der Waals surface area contributed by atoms with Crippen LogP contribution in [0.1, 0.15) is 39.5 Å². The summed E-state index contributed by atoms with van der Waals surface area (Å²) in [5.41, 5.74) is 7.96. The molecule has 0 spiro atoms. The Kier molecular flexibility index (Phi) is 6.93. The zero-order valence-electron chi connectivity index (χ0n) is 21.5. The highest BCUT2D eigenvalue weighted by Crippen LogP contribution is 2.33. The van der Waals surface area contributed by atoms with E-state index in [2.05, 4.69) is 33.9 Å². The van der Waals surface area contributed by atoms with Gasteiger partial charge in [-0.25, -0.2) is 0 Å². The molecule has 6 nitrogen and oxygen atoms in total. The fraction of sp³-hybridized carbons (Fsp3) is 0.226. The second kappa shape index (κ2) is 10.4. The van der Waals surface area contributed by atoms with Crippen molar-refractivity contribution in [2.75, 3.05) is 26.1 Å². The minimum absolute atomic E-state index is 0.0745. The summed E-state index contributed by atoms with van der Waals surface area (Å²) in [5, 5.41) is 4.11. The quantitative estimate of drug-likeness (QED) is 0.337. The third kappa shape index (κ3) is 5.06. The molecule has 0 saturated heterocycles. The Morgan fingerprint density at radius 3 is 2.54 bits per heavy atom. The number of ether oxygens (including phenoxy) is 2. The van der Waals surface area contributed by atoms with Crippen LogP contribution in [0.5, 0.6) is 11.5 Å². The van der Waals surface area contributed by atoms with Crippen molar-refractivity contribution in [3.63, 3.8) is 0 Å². The fourth-order valence-electron chi connectivity index (χ4n) is 4.96. The standard InChI is InChI=1S/C31H31N3O3/c1-20(2)21-8-10-24(11-9-21)33-31(35)26-7-5-6-22-18-34(15-13-25(22)26)19-23-12-14-32-28-17-30(37-4)29(36-3)16-27(23)28/h5-12,14,16-17H,1,13,15,18-19H2,2-4H3,(H,33,35). The van der Waals surface area contributed by atoms with Gasteiger partial charge in [-0.15, -0.1) is 0 Å². The number of rotatable bonds is 7. The number of fused-ring (bicyclic) bond motifs is 2. The molecule has 1 aliphatic rings. The van der Waals surface area contributed by atoms with Crippen LogP contribution < -0.4 is 14.8 Å². The number of nitrogens with one attached hydrogen (secondary N) is 1. The van der Waals surface area contributed by atoms with Gasteiger partial charge in [0.2, 0.25) is 0 Å². The Hall–Kier alpha value is -4.16. The zero-order chi connectivity index (χ0) is 25.9. The van der Waals surface area contributed by atoms with E-state index >= 15 is 0 Å². The summed E-state index contributed by atoms with van der Waals surface area (Å²) in [6.45, 7) is 8.36. The Bertz CT molecular complexity index is 1480. The van der Waals surface area contributed by atoms with Crippen LogP contribution in [0.15, 0.2) is 73.4 Å². The lowest BCUT2D eigenvalue weighted by molar-refractivity contribution is 0.102. The van der Waals surface area contributed by atoms with Gasteiger partial charge < -0.3 is 14.8 Å². The highest BCUT2D eigenvalue weighted by molar-refractivity contribution is 6.05. The van der Waals surface area contributed by atoms with Gasteiger partial charge in [0.15, 0.2) is 11.5 Å². The Labute approximate surface area is 217 Å². The van der Waals surface area contributed by atoms with Crippen molar-refractivity contribution >= 4 is 28.1 Å². The maximum Gasteiger partial charge on any atom is 0.255 e. The van der Waals surface area contributed by atoms with E-state index in [0.29, 0.717) is 11.5 Å². The maximum atomic E-state index is 13.2. The van der Waals surface area contributed by atoms with Gasteiger partial charge in [0.05, 0.1) is 19.7 Å². The summed E-state index contributed by atoms with van der Waals surface area (Å²) < 4.78 is 11.0. The molecule has 1 aromatic heterocycles. The molecular formula is C31H31N3O3.